The molecule has 0 saturated heterocycles. The first-order chi connectivity index (χ1) is 16.7. The second-order valence-electron chi connectivity index (χ2n) is 9.44. The Labute approximate surface area is 210 Å². The molecule has 8 nitrogen and oxygen atoms in total. The molecule has 1 unspecified atom stereocenters. The molecule has 3 atom stereocenters. The maximum absolute atomic E-state index is 13.2. The Kier molecular flexibility index (Phi) is 6.47. The maximum Gasteiger partial charge on any atom is 0.257 e. The van der Waals surface area contributed by atoms with Crippen LogP contribution in [0.25, 0.3) is 0 Å². The first-order valence-electron chi connectivity index (χ1n) is 11.7. The number of aliphatic hydroxyl groups is 1. The standard InChI is InChI=1S/C25H28N4O4S2/c1-4-14-5-10-17(11-6-14)35(32)29-20-18-13-16(9-12-19(18)33-25(2,3)21(20)30)22(31)26-24-28-27-23(34-24)15-7-8-15/h5-6,9-13,15,20-21,29-30H,4,7-8H2,1-3H3,(H,26,28,31)/t20-,21+,35?/m1/s1. The molecule has 2 aliphatic rings. The number of aliphatic hydroxyl groups excluding tert-OH is 1. The molecule has 1 aliphatic carbocycles. The first kappa shape index (κ1) is 24.1. The number of fused-ring (bicyclic) bond motifs is 1. The molecule has 35 heavy (non-hydrogen) atoms. The zero-order valence-electron chi connectivity index (χ0n) is 19.8. The number of aryl methyl sites for hydroxylation is 1. The lowest BCUT2D eigenvalue weighted by atomic mass is 9.86. The van der Waals surface area contributed by atoms with E-state index in [0.717, 1.165) is 29.8 Å². The van der Waals surface area contributed by atoms with Crippen LogP contribution in [0.3, 0.4) is 0 Å². The summed E-state index contributed by atoms with van der Waals surface area (Å²) in [6, 6.07) is 11.9. The molecule has 3 aromatic rings. The Hall–Kier alpha value is -2.66. The van der Waals surface area contributed by atoms with Crippen LogP contribution in [0.5, 0.6) is 5.75 Å². The number of ether oxygens (including phenoxy) is 1. The fourth-order valence-corrected chi connectivity index (χ4v) is 5.96. The van der Waals surface area contributed by atoms with Crippen molar-refractivity contribution in [3.63, 3.8) is 0 Å². The summed E-state index contributed by atoms with van der Waals surface area (Å²) < 4.78 is 22.2. The second kappa shape index (κ2) is 9.42. The summed E-state index contributed by atoms with van der Waals surface area (Å²) in [7, 11) is -1.58. The number of rotatable bonds is 7. The fraction of sp³-hybridized carbons (Fsp3) is 0.400. The number of nitrogens with zero attached hydrogens (tertiary/aromatic N) is 2. The number of benzene rings is 2. The lowest BCUT2D eigenvalue weighted by Gasteiger charge is -2.42. The van der Waals surface area contributed by atoms with Crippen LogP contribution in [0.15, 0.2) is 47.4 Å². The molecule has 1 fully saturated rings. The minimum Gasteiger partial charge on any atom is -0.485 e. The van der Waals surface area contributed by atoms with Crippen LogP contribution < -0.4 is 14.8 Å². The summed E-state index contributed by atoms with van der Waals surface area (Å²) in [6.07, 6.45) is 2.12. The molecule has 0 radical (unpaired) electrons. The minimum atomic E-state index is -1.58. The van der Waals surface area contributed by atoms with Crippen molar-refractivity contribution in [1.82, 2.24) is 14.9 Å². The number of hydrogen-bond acceptors (Lipinski definition) is 7. The molecule has 5 rings (SSSR count). The van der Waals surface area contributed by atoms with E-state index in [4.69, 9.17) is 4.74 Å². The van der Waals surface area contributed by atoms with Crippen LogP contribution in [0.1, 0.15) is 72.1 Å². The van der Waals surface area contributed by atoms with Crippen LogP contribution in [0, 0.1) is 0 Å². The van der Waals surface area contributed by atoms with Gasteiger partial charge in [0.05, 0.1) is 10.9 Å². The van der Waals surface area contributed by atoms with Crippen molar-refractivity contribution in [2.75, 3.05) is 5.32 Å². The van der Waals surface area contributed by atoms with Gasteiger partial charge in [-0.2, -0.15) is 0 Å². The van der Waals surface area contributed by atoms with Gasteiger partial charge in [-0.05, 0) is 69.0 Å². The van der Waals surface area contributed by atoms with Crippen LogP contribution in [-0.2, 0) is 17.4 Å². The van der Waals surface area contributed by atoms with Crippen molar-refractivity contribution in [2.45, 2.75) is 68.6 Å². The SMILES string of the molecule is CCc1ccc(S(=O)N[C@@H]2c3cc(C(=O)Nc4nnc(C5CC5)s4)ccc3OC(C)(C)[C@H]2O)cc1. The molecule has 0 bridgehead atoms. The minimum absolute atomic E-state index is 0.333. The summed E-state index contributed by atoms with van der Waals surface area (Å²) in [5, 5.41) is 23.6. The molecule has 184 valence electrons. The Morgan fingerprint density at radius 3 is 2.63 bits per heavy atom. The van der Waals surface area contributed by atoms with Gasteiger partial charge < -0.3 is 9.84 Å². The summed E-state index contributed by atoms with van der Waals surface area (Å²) >= 11 is 1.39. The van der Waals surface area contributed by atoms with Gasteiger partial charge in [0.15, 0.2) is 0 Å². The van der Waals surface area contributed by atoms with Gasteiger partial charge in [-0.25, -0.2) is 8.93 Å². The third kappa shape index (κ3) is 5.02. The average Bonchev–Trinajstić information content (AvgIpc) is 3.60. The number of carbonyl (C=O) groups excluding carboxylic acids is 1. The van der Waals surface area contributed by atoms with Crippen molar-refractivity contribution in [1.29, 1.82) is 0 Å². The molecule has 10 heteroatoms. The predicted molar refractivity (Wildman–Crippen MR) is 135 cm³/mol. The number of anilines is 1. The highest BCUT2D eigenvalue weighted by molar-refractivity contribution is 7.83. The topological polar surface area (TPSA) is 113 Å². The van der Waals surface area contributed by atoms with E-state index in [0.29, 0.717) is 32.8 Å². The quantitative estimate of drug-likeness (QED) is 0.439. The predicted octanol–water partition coefficient (Wildman–Crippen LogP) is 4.12. The van der Waals surface area contributed by atoms with E-state index in [1.807, 2.05) is 24.3 Å². The van der Waals surface area contributed by atoms with Crippen LogP contribution in [-0.4, -0.2) is 37.1 Å². The van der Waals surface area contributed by atoms with Gasteiger partial charge in [0.2, 0.25) is 5.13 Å². The number of carbonyl (C=O) groups is 1. The number of hydrogen-bond donors (Lipinski definition) is 3. The smallest absolute Gasteiger partial charge is 0.257 e. The van der Waals surface area contributed by atoms with Gasteiger partial charge in [-0.1, -0.05) is 30.4 Å². The highest BCUT2D eigenvalue weighted by Crippen LogP contribution is 2.43. The molecule has 2 heterocycles. The zero-order chi connectivity index (χ0) is 24.7. The molecule has 2 aromatic carbocycles. The van der Waals surface area contributed by atoms with Crippen LogP contribution in [0.4, 0.5) is 5.13 Å². The monoisotopic (exact) mass is 512 g/mol. The number of nitrogens with one attached hydrogen (secondary N) is 2. The third-order valence-electron chi connectivity index (χ3n) is 6.38. The molecule has 3 N–H and O–H groups in total. The molecular formula is C25H28N4O4S2. The highest BCUT2D eigenvalue weighted by atomic mass is 32.2. The average molecular weight is 513 g/mol. The van der Waals surface area contributed by atoms with Crippen LogP contribution in [0.2, 0.25) is 0 Å². The molecule has 1 aromatic heterocycles. The highest BCUT2D eigenvalue weighted by Gasteiger charge is 2.44. The Balaban J connectivity index is 1.40. The van der Waals surface area contributed by atoms with Crippen molar-refractivity contribution in [2.24, 2.45) is 0 Å². The van der Waals surface area contributed by atoms with E-state index >= 15 is 0 Å². The number of amides is 1. The van der Waals surface area contributed by atoms with E-state index in [-0.39, 0.29) is 5.91 Å². The Morgan fingerprint density at radius 2 is 1.94 bits per heavy atom. The Bertz CT molecular complexity index is 1270. The Morgan fingerprint density at radius 1 is 1.20 bits per heavy atom. The normalized spacial score (nSPS) is 21.6. The summed E-state index contributed by atoms with van der Waals surface area (Å²) in [5.74, 6) is 0.662. The molecule has 1 saturated carbocycles. The van der Waals surface area contributed by atoms with E-state index < -0.39 is 28.7 Å². The lowest BCUT2D eigenvalue weighted by Crippen LogP contribution is -2.52. The summed E-state index contributed by atoms with van der Waals surface area (Å²) in [5.41, 5.74) is 1.18. The second-order valence-corrected chi connectivity index (χ2v) is 11.7. The van der Waals surface area contributed by atoms with Gasteiger partial charge in [0.1, 0.15) is 33.4 Å². The first-order valence-corrected chi connectivity index (χ1v) is 13.6. The van der Waals surface area contributed by atoms with E-state index in [1.54, 1.807) is 32.0 Å². The zero-order valence-corrected chi connectivity index (χ0v) is 21.4. The van der Waals surface area contributed by atoms with E-state index in [2.05, 4.69) is 27.2 Å². The van der Waals surface area contributed by atoms with Crippen molar-refractivity contribution < 1.29 is 18.8 Å². The van der Waals surface area contributed by atoms with E-state index in [9.17, 15) is 14.1 Å². The molecule has 1 aliphatic heterocycles. The van der Waals surface area contributed by atoms with E-state index in [1.165, 1.54) is 11.3 Å². The summed E-state index contributed by atoms with van der Waals surface area (Å²) in [4.78, 5) is 13.6. The third-order valence-corrected chi connectivity index (χ3v) is 8.54. The van der Waals surface area contributed by atoms with Gasteiger partial charge in [0, 0.05) is 17.0 Å². The van der Waals surface area contributed by atoms with Crippen molar-refractivity contribution >= 4 is 33.4 Å². The van der Waals surface area contributed by atoms with Gasteiger partial charge in [-0.15, -0.1) is 10.2 Å². The molecule has 1 amide bonds. The number of aromatic nitrogens is 2. The summed E-state index contributed by atoms with van der Waals surface area (Å²) in [6.45, 7) is 5.62. The largest absolute Gasteiger partial charge is 0.485 e. The molecule has 0 spiro atoms. The van der Waals surface area contributed by atoms with Crippen molar-refractivity contribution in [3.8, 4) is 5.75 Å². The fourth-order valence-electron chi connectivity index (χ4n) is 4.05. The van der Waals surface area contributed by atoms with Gasteiger partial charge >= 0.3 is 0 Å². The maximum atomic E-state index is 13.2. The van der Waals surface area contributed by atoms with Crippen LogP contribution >= 0.6 is 11.3 Å². The van der Waals surface area contributed by atoms with Gasteiger partial charge in [-0.3, -0.25) is 10.1 Å². The van der Waals surface area contributed by atoms with Gasteiger partial charge in [0.25, 0.3) is 5.91 Å². The lowest BCUT2D eigenvalue weighted by molar-refractivity contribution is -0.0601. The molecular weight excluding hydrogens is 484 g/mol. The van der Waals surface area contributed by atoms with Crippen molar-refractivity contribution in [3.05, 3.63) is 64.2 Å².